The average Bonchev–Trinajstić information content (AvgIpc) is 4.10. The van der Waals surface area contributed by atoms with Crippen LogP contribution < -0.4 is 16.7 Å². The number of rotatable bonds is 4. The van der Waals surface area contributed by atoms with Gasteiger partial charge in [0, 0.05) is 166 Å². The summed E-state index contributed by atoms with van der Waals surface area (Å²) in [6, 6.07) is 12.8. The number of fused-ring (bicyclic) bond motifs is 3. The summed E-state index contributed by atoms with van der Waals surface area (Å²) in [4.78, 5) is 60.5. The second kappa shape index (κ2) is 56.9. The van der Waals surface area contributed by atoms with Gasteiger partial charge in [0.2, 0.25) is 0 Å². The van der Waals surface area contributed by atoms with E-state index in [0.717, 1.165) is 43.3 Å². The summed E-state index contributed by atoms with van der Waals surface area (Å²) in [6.07, 6.45) is 15.0. The van der Waals surface area contributed by atoms with E-state index in [1.54, 1.807) is 24.7 Å². The van der Waals surface area contributed by atoms with Gasteiger partial charge >= 0.3 is 0 Å². The Bertz CT molecular complexity index is 1960. The van der Waals surface area contributed by atoms with E-state index < -0.39 is 5.97 Å². The minimum absolute atomic E-state index is 0. The zero-order chi connectivity index (χ0) is 48.2. The Balaban J connectivity index is -0.0000000784. The zero-order valence-electron chi connectivity index (χ0n) is 41.3. The smallest absolute Gasteiger partial charge is 0.300 e. The van der Waals surface area contributed by atoms with Gasteiger partial charge in [-0.2, -0.15) is 5.26 Å². The first kappa shape index (κ1) is 80.2. The van der Waals surface area contributed by atoms with Crippen molar-refractivity contribution in [2.75, 3.05) is 0 Å². The predicted molar refractivity (Wildman–Crippen MR) is 256 cm³/mol. The molecule has 6 heterocycles. The van der Waals surface area contributed by atoms with Gasteiger partial charge in [-0.3, -0.25) is 24.0 Å². The number of hydrogen-bond acceptors (Lipinski definition) is 6. The third kappa shape index (κ3) is 34.9. The van der Waals surface area contributed by atoms with Crippen LogP contribution in [-0.4, -0.2) is 45.0 Å². The number of carbonyl (C=O) groups excluding carboxylic acids is 1. The van der Waals surface area contributed by atoms with E-state index in [4.69, 9.17) is 15.2 Å². The SMILES string of the molecule is C=C.C=CC(C)=O.CC.CC.CC.CC.CC.CC#N.CC(=O)O.CCc1c[nH]c(=O)c2cccn12.CCc1c[nH]c(=O)c2cccn12.CCc1c[nH]c(=O)c2cccn12.[Y].[Y].[Y]. The van der Waals surface area contributed by atoms with Gasteiger partial charge < -0.3 is 33.3 Å². The molecule has 0 atom stereocenters. The van der Waals surface area contributed by atoms with Gasteiger partial charge in [-0.1, -0.05) is 96.6 Å². The van der Waals surface area contributed by atoms with E-state index in [1.807, 2.05) is 137 Å². The maximum absolute atomic E-state index is 11.2. The van der Waals surface area contributed by atoms with Crippen molar-refractivity contribution in [3.05, 3.63) is 148 Å². The van der Waals surface area contributed by atoms with E-state index in [9.17, 15) is 19.2 Å². The molecule has 63 heavy (non-hydrogen) atoms. The summed E-state index contributed by atoms with van der Waals surface area (Å²) in [5, 5.41) is 14.7. The Kier molecular flexibility index (Phi) is 72.4. The molecule has 13 nitrogen and oxygen atoms in total. The Morgan fingerprint density at radius 2 is 0.778 bits per heavy atom. The van der Waals surface area contributed by atoms with Crippen molar-refractivity contribution in [3.8, 4) is 6.07 Å². The summed E-state index contributed by atoms with van der Waals surface area (Å²) in [5.41, 5.74) is 5.42. The van der Waals surface area contributed by atoms with E-state index in [0.29, 0.717) is 16.6 Å². The van der Waals surface area contributed by atoms with Gasteiger partial charge in [0.05, 0.1) is 6.07 Å². The van der Waals surface area contributed by atoms with Gasteiger partial charge in [0.25, 0.3) is 22.6 Å². The molecule has 0 aromatic carbocycles. The van der Waals surface area contributed by atoms with Crippen molar-refractivity contribution >= 4 is 28.3 Å². The van der Waals surface area contributed by atoms with Crippen LogP contribution in [0.15, 0.2) is 114 Å². The Hall–Kier alpha value is -3.11. The molecule has 0 fully saturated rings. The maximum Gasteiger partial charge on any atom is 0.300 e. The summed E-state index contributed by atoms with van der Waals surface area (Å²) in [5.74, 6) is -0.815. The Morgan fingerprint density at radius 3 is 0.921 bits per heavy atom. The summed E-state index contributed by atoms with van der Waals surface area (Å²) < 4.78 is 5.75. The molecule has 6 aromatic rings. The molecule has 0 bridgehead atoms. The number of aliphatic carboxylic acids is 1. The topological polar surface area (TPSA) is 190 Å². The maximum atomic E-state index is 11.2. The summed E-state index contributed by atoms with van der Waals surface area (Å²) >= 11 is 0. The molecule has 0 spiro atoms. The van der Waals surface area contributed by atoms with Crippen molar-refractivity contribution in [1.82, 2.24) is 28.2 Å². The number of aryl methyl sites for hydroxylation is 3. The first-order chi connectivity index (χ1) is 28.9. The molecular formula is C47H77N7O6Y3. The largest absolute Gasteiger partial charge is 0.481 e. The standard InChI is InChI=1S/3C9H10N2O.C4H6O.C2H3N.C2H4O2.5C2H6.C2H4.3Y/c3*1-2-7-6-10-9(12)8-4-3-5-11(7)8;1-3-4(2)5;1-2-3;1-2(3)4;6*1-2;;;/h3*3-6H,2H2,1H3,(H,10,12);3H,1H2,2H3;1H3;1H3,(H,3,4);5*1-2H3;1-2H2;;;. The van der Waals surface area contributed by atoms with E-state index in [1.165, 1.54) is 19.9 Å². The average molecular weight is 1100 g/mol. The predicted octanol–water partition coefficient (Wildman–Crippen LogP) is 10.9. The summed E-state index contributed by atoms with van der Waals surface area (Å²) in [7, 11) is 0. The number of nitrogens with zero attached hydrogens (tertiary/aromatic N) is 4. The number of aromatic nitrogens is 6. The zero-order valence-corrected chi connectivity index (χ0v) is 49.8. The number of ketones is 1. The fraction of sp³-hybridized carbons (Fsp3) is 0.404. The molecule has 0 unspecified atom stereocenters. The first-order valence-corrected chi connectivity index (χ1v) is 20.6. The molecule has 4 N–H and O–H groups in total. The number of allylic oxidation sites excluding steroid dienone is 1. The first-order valence-electron chi connectivity index (χ1n) is 20.6. The van der Waals surface area contributed by atoms with Gasteiger partial charge in [0.15, 0.2) is 5.78 Å². The molecule has 3 radical (unpaired) electrons. The van der Waals surface area contributed by atoms with Crippen molar-refractivity contribution in [3.63, 3.8) is 0 Å². The van der Waals surface area contributed by atoms with E-state index in [-0.39, 0.29) is 121 Å². The van der Waals surface area contributed by atoms with Crippen LogP contribution in [0.2, 0.25) is 0 Å². The number of aromatic amines is 3. The number of hydrogen-bond donors (Lipinski definition) is 4. The van der Waals surface area contributed by atoms with Crippen LogP contribution >= 0.6 is 0 Å². The van der Waals surface area contributed by atoms with E-state index >= 15 is 0 Å². The number of H-pyrrole nitrogens is 3. The molecule has 0 aliphatic carbocycles. The van der Waals surface area contributed by atoms with Crippen molar-refractivity contribution in [2.45, 2.75) is 130 Å². The second-order valence-electron chi connectivity index (χ2n) is 9.74. The number of nitriles is 1. The molecule has 0 aliphatic rings. The molecule has 0 amide bonds. The molecule has 0 saturated carbocycles. The molecule has 16 heteroatoms. The van der Waals surface area contributed by atoms with Crippen LogP contribution in [0.25, 0.3) is 16.6 Å². The van der Waals surface area contributed by atoms with Crippen LogP contribution in [0, 0.1) is 11.3 Å². The number of carbonyl (C=O) groups is 2. The molecule has 6 rings (SSSR count). The third-order valence-corrected chi connectivity index (χ3v) is 6.36. The number of nitrogens with one attached hydrogen (secondary N) is 3. The molecule has 0 saturated heterocycles. The third-order valence-electron chi connectivity index (χ3n) is 6.36. The Morgan fingerprint density at radius 1 is 0.603 bits per heavy atom. The van der Waals surface area contributed by atoms with E-state index in [2.05, 4.69) is 55.5 Å². The molecule has 0 aliphatic heterocycles. The van der Waals surface area contributed by atoms with Crippen LogP contribution in [0.4, 0.5) is 0 Å². The van der Waals surface area contributed by atoms with Crippen LogP contribution in [0.3, 0.4) is 0 Å². The molecule has 6 aromatic heterocycles. The van der Waals surface area contributed by atoms with Crippen molar-refractivity contribution in [2.24, 2.45) is 0 Å². The molecular weight excluding hydrogens is 1030 g/mol. The van der Waals surface area contributed by atoms with Gasteiger partial charge in [-0.25, -0.2) is 0 Å². The van der Waals surface area contributed by atoms with Crippen LogP contribution in [-0.2, 0) is 127 Å². The van der Waals surface area contributed by atoms with Crippen molar-refractivity contribution in [1.29, 1.82) is 5.26 Å². The van der Waals surface area contributed by atoms with Crippen LogP contribution in [0.1, 0.15) is 128 Å². The second-order valence-corrected chi connectivity index (χ2v) is 9.74. The fourth-order valence-corrected chi connectivity index (χ4v) is 4.14. The minimum atomic E-state index is -0.833. The fourth-order valence-electron chi connectivity index (χ4n) is 4.14. The minimum Gasteiger partial charge on any atom is -0.481 e. The number of carboxylic acids is 1. The summed E-state index contributed by atoms with van der Waals surface area (Å²) in [6.45, 7) is 39.4. The van der Waals surface area contributed by atoms with Gasteiger partial charge in [0.1, 0.15) is 16.6 Å². The van der Waals surface area contributed by atoms with Gasteiger partial charge in [-0.15, -0.1) is 13.2 Å². The quantitative estimate of drug-likeness (QED) is 0.0997. The Labute approximate surface area is 453 Å². The molecule has 345 valence electrons. The monoisotopic (exact) mass is 1100 g/mol. The van der Waals surface area contributed by atoms with Crippen molar-refractivity contribution < 1.29 is 113 Å². The van der Waals surface area contributed by atoms with Crippen LogP contribution in [0.5, 0.6) is 0 Å². The van der Waals surface area contributed by atoms with Gasteiger partial charge in [-0.05, 0) is 68.7 Å². The number of carboxylic acid groups (broad SMARTS) is 1. The normalized spacial score (nSPS) is 7.73.